The molecule has 3 rings (SSSR count). The number of methoxy groups -OCH3 is 1. The van der Waals surface area contributed by atoms with E-state index in [9.17, 15) is 4.79 Å². The van der Waals surface area contributed by atoms with Gasteiger partial charge in [0.15, 0.2) is 5.82 Å². The summed E-state index contributed by atoms with van der Waals surface area (Å²) >= 11 is 0. The van der Waals surface area contributed by atoms with Gasteiger partial charge < -0.3 is 14.2 Å². The number of carbonyl (C=O) groups is 1. The van der Waals surface area contributed by atoms with Crippen LogP contribution in [0.3, 0.4) is 0 Å². The fraction of sp³-hybridized carbons (Fsp3) is 0.471. The summed E-state index contributed by atoms with van der Waals surface area (Å²) in [5.74, 6) is 2.17. The van der Waals surface area contributed by atoms with Gasteiger partial charge in [0.1, 0.15) is 5.75 Å². The van der Waals surface area contributed by atoms with E-state index in [2.05, 4.69) is 10.1 Å². The lowest BCUT2D eigenvalue weighted by Gasteiger charge is -2.25. The number of rotatable bonds is 5. The van der Waals surface area contributed by atoms with Gasteiger partial charge in [-0.15, -0.1) is 0 Å². The third-order valence-corrected chi connectivity index (χ3v) is 4.37. The summed E-state index contributed by atoms with van der Waals surface area (Å²) < 4.78 is 10.5. The van der Waals surface area contributed by atoms with E-state index >= 15 is 0 Å². The van der Waals surface area contributed by atoms with Gasteiger partial charge in [0, 0.05) is 19.4 Å². The van der Waals surface area contributed by atoms with Crippen molar-refractivity contribution < 1.29 is 14.1 Å². The van der Waals surface area contributed by atoms with E-state index < -0.39 is 0 Å². The van der Waals surface area contributed by atoms with Gasteiger partial charge in [-0.2, -0.15) is 4.98 Å². The summed E-state index contributed by atoms with van der Waals surface area (Å²) in [4.78, 5) is 18.6. The molecule has 0 saturated carbocycles. The van der Waals surface area contributed by atoms with Crippen molar-refractivity contribution in [2.45, 2.75) is 38.6 Å². The van der Waals surface area contributed by atoms with Crippen LogP contribution in [0.15, 0.2) is 28.8 Å². The van der Waals surface area contributed by atoms with E-state index in [1.54, 1.807) is 7.11 Å². The number of aromatic nitrogens is 2. The average Bonchev–Trinajstić information content (AvgIpc) is 3.20. The van der Waals surface area contributed by atoms with E-state index in [0.29, 0.717) is 24.7 Å². The monoisotopic (exact) mass is 315 g/mol. The maximum Gasteiger partial charge on any atom is 0.232 e. The van der Waals surface area contributed by atoms with Gasteiger partial charge in [-0.1, -0.05) is 24.2 Å². The van der Waals surface area contributed by atoms with Crippen LogP contribution in [0.1, 0.15) is 49.5 Å². The summed E-state index contributed by atoms with van der Waals surface area (Å²) in [7, 11) is 1.64. The topological polar surface area (TPSA) is 68.5 Å². The molecule has 0 N–H and O–H groups in total. The first-order valence-corrected chi connectivity index (χ1v) is 7.88. The molecular formula is C17H21N3O3. The molecule has 2 atom stereocenters. The molecule has 2 unspecified atom stereocenters. The second kappa shape index (κ2) is 6.40. The normalized spacial score (nSPS) is 19.2. The van der Waals surface area contributed by atoms with Gasteiger partial charge in [-0.3, -0.25) is 4.79 Å². The molecule has 0 radical (unpaired) electrons. The van der Waals surface area contributed by atoms with Crippen molar-refractivity contribution in [3.05, 3.63) is 41.5 Å². The van der Waals surface area contributed by atoms with Crippen molar-refractivity contribution >= 4 is 5.91 Å². The Morgan fingerprint density at radius 2 is 2.13 bits per heavy atom. The van der Waals surface area contributed by atoms with Crippen LogP contribution in [0.25, 0.3) is 0 Å². The number of nitrogens with zero attached hydrogens (tertiary/aromatic N) is 3. The molecule has 122 valence electrons. The Morgan fingerprint density at radius 3 is 2.74 bits per heavy atom. The minimum Gasteiger partial charge on any atom is -0.497 e. The highest BCUT2D eigenvalue weighted by Gasteiger charge is 2.36. The fourth-order valence-corrected chi connectivity index (χ4v) is 2.91. The molecule has 1 aromatic carbocycles. The molecule has 1 aliphatic rings. The van der Waals surface area contributed by atoms with Crippen molar-refractivity contribution in [3.63, 3.8) is 0 Å². The van der Waals surface area contributed by atoms with E-state index in [0.717, 1.165) is 17.7 Å². The van der Waals surface area contributed by atoms with E-state index in [4.69, 9.17) is 9.26 Å². The minimum atomic E-state index is -0.0176. The second-order valence-electron chi connectivity index (χ2n) is 5.80. The van der Waals surface area contributed by atoms with Crippen LogP contribution in [0.5, 0.6) is 5.75 Å². The first-order chi connectivity index (χ1) is 11.1. The van der Waals surface area contributed by atoms with Crippen LogP contribution in [0, 0.1) is 0 Å². The number of hydrogen-bond donors (Lipinski definition) is 0. The van der Waals surface area contributed by atoms with Gasteiger partial charge in [0.2, 0.25) is 11.8 Å². The van der Waals surface area contributed by atoms with Gasteiger partial charge >= 0.3 is 0 Å². The molecule has 6 nitrogen and oxygen atoms in total. The number of benzene rings is 1. The van der Waals surface area contributed by atoms with Gasteiger partial charge in [-0.25, -0.2) is 0 Å². The number of hydrogen-bond acceptors (Lipinski definition) is 5. The fourth-order valence-electron chi connectivity index (χ4n) is 2.91. The zero-order valence-corrected chi connectivity index (χ0v) is 13.7. The molecule has 0 aliphatic carbocycles. The van der Waals surface area contributed by atoms with Crippen LogP contribution in [0.4, 0.5) is 0 Å². The Hall–Kier alpha value is -2.37. The predicted molar refractivity (Wildman–Crippen MR) is 84.2 cm³/mol. The number of likely N-dealkylation sites (tertiary alicyclic amines) is 1. The molecule has 0 spiro atoms. The predicted octanol–water partition coefficient (Wildman–Crippen LogP) is 2.72. The lowest BCUT2D eigenvalue weighted by atomic mass is 10.1. The Labute approximate surface area is 135 Å². The average molecular weight is 315 g/mol. The molecular weight excluding hydrogens is 294 g/mol. The van der Waals surface area contributed by atoms with Gasteiger partial charge in [0.05, 0.1) is 19.1 Å². The largest absolute Gasteiger partial charge is 0.497 e. The molecule has 1 saturated heterocycles. The zero-order chi connectivity index (χ0) is 16.4. The lowest BCUT2D eigenvalue weighted by Crippen LogP contribution is -2.28. The molecule has 2 aromatic rings. The molecule has 1 aliphatic heterocycles. The number of amides is 1. The summed E-state index contributed by atoms with van der Waals surface area (Å²) in [5.41, 5.74) is 1.08. The minimum absolute atomic E-state index is 0.00646. The van der Waals surface area contributed by atoms with Gasteiger partial charge in [-0.05, 0) is 24.6 Å². The third kappa shape index (κ3) is 3.06. The van der Waals surface area contributed by atoms with Crippen LogP contribution in [0.2, 0.25) is 0 Å². The van der Waals surface area contributed by atoms with Crippen molar-refractivity contribution in [1.29, 1.82) is 0 Å². The summed E-state index contributed by atoms with van der Waals surface area (Å²) in [6.07, 6.45) is 1.15. The standard InChI is InChI=1S/C17H21N3O3/c1-4-15-18-17(23-19-15)13-9-16(21)20(10-13)11(2)12-5-7-14(22-3)8-6-12/h5-8,11,13H,4,9-10H2,1-3H3. The van der Waals surface area contributed by atoms with Crippen LogP contribution in [-0.2, 0) is 11.2 Å². The quantitative estimate of drug-likeness (QED) is 0.848. The maximum atomic E-state index is 12.4. The van der Waals surface area contributed by atoms with Gasteiger partial charge in [0.25, 0.3) is 0 Å². The second-order valence-corrected chi connectivity index (χ2v) is 5.80. The number of aryl methyl sites for hydroxylation is 1. The molecule has 1 fully saturated rings. The summed E-state index contributed by atoms with van der Waals surface area (Å²) in [6.45, 7) is 4.62. The molecule has 1 aromatic heterocycles. The van der Waals surface area contributed by atoms with Crippen molar-refractivity contribution in [3.8, 4) is 5.75 Å². The lowest BCUT2D eigenvalue weighted by molar-refractivity contribution is -0.129. The third-order valence-electron chi connectivity index (χ3n) is 4.37. The molecule has 0 bridgehead atoms. The highest BCUT2D eigenvalue weighted by molar-refractivity contribution is 5.80. The maximum absolute atomic E-state index is 12.4. The summed E-state index contributed by atoms with van der Waals surface area (Å²) in [5, 5.41) is 3.92. The smallest absolute Gasteiger partial charge is 0.232 e. The first kappa shape index (κ1) is 15.5. The van der Waals surface area contributed by atoms with Crippen molar-refractivity contribution in [2.75, 3.05) is 13.7 Å². The molecule has 6 heteroatoms. The Balaban J connectivity index is 1.73. The highest BCUT2D eigenvalue weighted by Crippen LogP contribution is 2.33. The number of carbonyl (C=O) groups excluding carboxylic acids is 1. The van der Waals surface area contributed by atoms with E-state index in [1.165, 1.54) is 0 Å². The SMILES string of the molecule is CCc1noc(C2CC(=O)N(C(C)c3ccc(OC)cc3)C2)n1. The van der Waals surface area contributed by atoms with Crippen LogP contribution < -0.4 is 4.74 Å². The molecule has 23 heavy (non-hydrogen) atoms. The Kier molecular flexibility index (Phi) is 4.32. The van der Waals surface area contributed by atoms with Crippen LogP contribution >= 0.6 is 0 Å². The van der Waals surface area contributed by atoms with Crippen LogP contribution in [-0.4, -0.2) is 34.6 Å². The van der Waals surface area contributed by atoms with Crippen molar-refractivity contribution in [1.82, 2.24) is 15.0 Å². The molecule has 2 heterocycles. The van der Waals surface area contributed by atoms with E-state index in [-0.39, 0.29) is 17.9 Å². The molecule has 1 amide bonds. The Bertz CT molecular complexity index is 681. The Morgan fingerprint density at radius 1 is 1.39 bits per heavy atom. The zero-order valence-electron chi connectivity index (χ0n) is 13.7. The highest BCUT2D eigenvalue weighted by atomic mass is 16.5. The number of ether oxygens (including phenoxy) is 1. The van der Waals surface area contributed by atoms with E-state index in [1.807, 2.05) is 43.0 Å². The first-order valence-electron chi connectivity index (χ1n) is 7.88. The van der Waals surface area contributed by atoms with Crippen molar-refractivity contribution in [2.24, 2.45) is 0 Å². The summed E-state index contributed by atoms with van der Waals surface area (Å²) in [6, 6.07) is 7.81.